The molecule has 2 aromatic carbocycles. The molecule has 0 aliphatic heterocycles. The Hall–Kier alpha value is -3.61. The second kappa shape index (κ2) is 9.05. The maximum atomic E-state index is 11.7. The van der Waals surface area contributed by atoms with Crippen molar-refractivity contribution in [3.05, 3.63) is 65.4 Å². The van der Waals surface area contributed by atoms with Crippen molar-refractivity contribution in [2.75, 3.05) is 24.3 Å². The Labute approximate surface area is 169 Å². The number of rotatable bonds is 6. The number of methoxy groups -OCH3 is 1. The summed E-state index contributed by atoms with van der Waals surface area (Å²) in [4.78, 5) is 27.7. The molecule has 1 heterocycles. The number of pyridine rings is 1. The van der Waals surface area contributed by atoms with E-state index in [1.165, 1.54) is 7.11 Å². The lowest BCUT2D eigenvalue weighted by atomic mass is 10.1. The van der Waals surface area contributed by atoms with Gasteiger partial charge in [0.2, 0.25) is 0 Å². The second-order valence-electron chi connectivity index (χ2n) is 6.61. The standard InChI is InChI=1S/C22H24N4O3/c1-4-23-22(28)26-20-11-17-10-18(8-14(2)19(17)13-25-20)24-12-15-6-5-7-16(9-15)21(27)29-3/h5-11,13,24H,4,12H2,1-3H3,(H2,23,25,26,28). The normalized spacial score (nSPS) is 10.4. The first-order chi connectivity index (χ1) is 14.0. The van der Waals surface area contributed by atoms with Crippen molar-refractivity contribution in [2.45, 2.75) is 20.4 Å². The quantitative estimate of drug-likeness (QED) is 0.550. The molecule has 0 radical (unpaired) electrons. The molecule has 0 fully saturated rings. The molecular weight excluding hydrogens is 368 g/mol. The molecule has 0 atom stereocenters. The number of nitrogens with zero attached hydrogens (tertiary/aromatic N) is 1. The third-order valence-electron chi connectivity index (χ3n) is 4.47. The molecule has 29 heavy (non-hydrogen) atoms. The highest BCUT2D eigenvalue weighted by atomic mass is 16.5. The fourth-order valence-electron chi connectivity index (χ4n) is 3.06. The van der Waals surface area contributed by atoms with E-state index in [1.54, 1.807) is 12.3 Å². The number of fused-ring (bicyclic) bond motifs is 1. The van der Waals surface area contributed by atoms with E-state index in [4.69, 9.17) is 4.74 Å². The molecule has 7 heteroatoms. The summed E-state index contributed by atoms with van der Waals surface area (Å²) in [6, 6.07) is 12.9. The van der Waals surface area contributed by atoms with Gasteiger partial charge < -0.3 is 15.4 Å². The minimum absolute atomic E-state index is 0.282. The van der Waals surface area contributed by atoms with Crippen LogP contribution in [0.1, 0.15) is 28.4 Å². The van der Waals surface area contributed by atoms with Crippen molar-refractivity contribution in [3.8, 4) is 0 Å². The van der Waals surface area contributed by atoms with Gasteiger partial charge in [0.05, 0.1) is 12.7 Å². The number of benzene rings is 2. The highest BCUT2D eigenvalue weighted by Gasteiger charge is 2.08. The van der Waals surface area contributed by atoms with Crippen molar-refractivity contribution in [1.82, 2.24) is 10.3 Å². The number of urea groups is 1. The van der Waals surface area contributed by atoms with Gasteiger partial charge in [-0.3, -0.25) is 5.32 Å². The molecule has 0 aliphatic rings. The zero-order chi connectivity index (χ0) is 20.8. The van der Waals surface area contributed by atoms with Crippen molar-refractivity contribution in [1.29, 1.82) is 0 Å². The minimum Gasteiger partial charge on any atom is -0.465 e. The fraction of sp³-hybridized carbons (Fsp3) is 0.227. The number of aryl methyl sites for hydroxylation is 1. The van der Waals surface area contributed by atoms with Crippen LogP contribution in [0.3, 0.4) is 0 Å². The zero-order valence-corrected chi connectivity index (χ0v) is 16.7. The van der Waals surface area contributed by atoms with Gasteiger partial charge in [0.15, 0.2) is 0 Å². The summed E-state index contributed by atoms with van der Waals surface area (Å²) in [5.74, 6) is 0.138. The van der Waals surface area contributed by atoms with Gasteiger partial charge in [-0.2, -0.15) is 0 Å². The van der Waals surface area contributed by atoms with Crippen LogP contribution in [-0.2, 0) is 11.3 Å². The van der Waals surface area contributed by atoms with Gasteiger partial charge in [0.25, 0.3) is 0 Å². The van der Waals surface area contributed by atoms with Gasteiger partial charge >= 0.3 is 12.0 Å². The van der Waals surface area contributed by atoms with Gasteiger partial charge in [-0.15, -0.1) is 0 Å². The predicted octanol–water partition coefficient (Wildman–Crippen LogP) is 4.08. The smallest absolute Gasteiger partial charge is 0.337 e. The Morgan fingerprint density at radius 1 is 1.14 bits per heavy atom. The van der Waals surface area contributed by atoms with Crippen LogP contribution in [0.5, 0.6) is 0 Å². The molecule has 3 aromatic rings. The van der Waals surface area contributed by atoms with Crippen LogP contribution in [0.2, 0.25) is 0 Å². The molecule has 0 saturated carbocycles. The predicted molar refractivity (Wildman–Crippen MR) is 114 cm³/mol. The molecule has 3 rings (SSSR count). The van der Waals surface area contributed by atoms with E-state index in [2.05, 4.69) is 20.9 Å². The molecular formula is C22H24N4O3. The average molecular weight is 392 g/mol. The molecule has 1 aromatic heterocycles. The van der Waals surface area contributed by atoms with Crippen LogP contribution in [-0.4, -0.2) is 30.6 Å². The van der Waals surface area contributed by atoms with E-state index in [1.807, 2.05) is 50.2 Å². The highest BCUT2D eigenvalue weighted by molar-refractivity contribution is 5.94. The van der Waals surface area contributed by atoms with E-state index in [0.717, 1.165) is 27.6 Å². The number of carbonyl (C=O) groups excluding carboxylic acids is 2. The van der Waals surface area contributed by atoms with E-state index < -0.39 is 0 Å². The monoisotopic (exact) mass is 392 g/mol. The van der Waals surface area contributed by atoms with Crippen molar-refractivity contribution < 1.29 is 14.3 Å². The van der Waals surface area contributed by atoms with E-state index >= 15 is 0 Å². The minimum atomic E-state index is -0.354. The first-order valence-electron chi connectivity index (χ1n) is 9.36. The average Bonchev–Trinajstić information content (AvgIpc) is 2.72. The Morgan fingerprint density at radius 3 is 2.72 bits per heavy atom. The lowest BCUT2D eigenvalue weighted by Crippen LogP contribution is -2.28. The number of aromatic nitrogens is 1. The van der Waals surface area contributed by atoms with Crippen molar-refractivity contribution in [2.24, 2.45) is 0 Å². The summed E-state index contributed by atoms with van der Waals surface area (Å²) >= 11 is 0. The Balaban J connectivity index is 1.79. The molecule has 0 saturated heterocycles. The number of ether oxygens (including phenoxy) is 1. The van der Waals surface area contributed by atoms with Crippen LogP contribution in [0.4, 0.5) is 16.3 Å². The van der Waals surface area contributed by atoms with Crippen LogP contribution < -0.4 is 16.0 Å². The van der Waals surface area contributed by atoms with Gasteiger partial charge in [0, 0.05) is 30.4 Å². The third-order valence-corrected chi connectivity index (χ3v) is 4.47. The lowest BCUT2D eigenvalue weighted by molar-refractivity contribution is 0.0600. The van der Waals surface area contributed by atoms with Gasteiger partial charge in [-0.25, -0.2) is 14.6 Å². The maximum absolute atomic E-state index is 11.7. The third kappa shape index (κ3) is 5.01. The number of nitrogens with one attached hydrogen (secondary N) is 3. The zero-order valence-electron chi connectivity index (χ0n) is 16.7. The molecule has 3 N–H and O–H groups in total. The molecule has 150 valence electrons. The topological polar surface area (TPSA) is 92.4 Å². The number of hydrogen-bond donors (Lipinski definition) is 3. The Kier molecular flexibility index (Phi) is 6.29. The van der Waals surface area contributed by atoms with Crippen LogP contribution in [0.15, 0.2) is 48.7 Å². The van der Waals surface area contributed by atoms with Crippen LogP contribution >= 0.6 is 0 Å². The fourth-order valence-corrected chi connectivity index (χ4v) is 3.06. The highest BCUT2D eigenvalue weighted by Crippen LogP contribution is 2.25. The van der Waals surface area contributed by atoms with Gasteiger partial charge in [-0.05, 0) is 60.7 Å². The van der Waals surface area contributed by atoms with Gasteiger partial charge in [0.1, 0.15) is 5.82 Å². The molecule has 0 bridgehead atoms. The van der Waals surface area contributed by atoms with E-state index in [-0.39, 0.29) is 12.0 Å². The Bertz CT molecular complexity index is 1050. The first kappa shape index (κ1) is 20.1. The molecule has 2 amide bonds. The summed E-state index contributed by atoms with van der Waals surface area (Å²) in [6.45, 7) is 4.98. The van der Waals surface area contributed by atoms with Gasteiger partial charge in [-0.1, -0.05) is 12.1 Å². The number of carbonyl (C=O) groups is 2. The molecule has 0 aliphatic carbocycles. The SMILES string of the molecule is CCNC(=O)Nc1cc2cc(NCc3cccc(C(=O)OC)c3)cc(C)c2cn1. The second-order valence-corrected chi connectivity index (χ2v) is 6.61. The van der Waals surface area contributed by atoms with E-state index in [0.29, 0.717) is 24.5 Å². The number of esters is 1. The Morgan fingerprint density at radius 2 is 1.97 bits per heavy atom. The summed E-state index contributed by atoms with van der Waals surface area (Å²) < 4.78 is 4.77. The number of anilines is 2. The molecule has 7 nitrogen and oxygen atoms in total. The summed E-state index contributed by atoms with van der Waals surface area (Å²) in [6.07, 6.45) is 1.76. The summed E-state index contributed by atoms with van der Waals surface area (Å²) in [5.41, 5.74) is 3.51. The van der Waals surface area contributed by atoms with Crippen LogP contribution in [0.25, 0.3) is 10.8 Å². The van der Waals surface area contributed by atoms with Crippen LogP contribution in [0, 0.1) is 6.92 Å². The molecule has 0 unspecified atom stereocenters. The summed E-state index contributed by atoms with van der Waals surface area (Å²) in [7, 11) is 1.37. The number of amides is 2. The summed E-state index contributed by atoms with van der Waals surface area (Å²) in [5, 5.41) is 10.8. The van der Waals surface area contributed by atoms with Crippen molar-refractivity contribution in [3.63, 3.8) is 0 Å². The molecule has 0 spiro atoms. The largest absolute Gasteiger partial charge is 0.465 e. The van der Waals surface area contributed by atoms with E-state index in [9.17, 15) is 9.59 Å². The van der Waals surface area contributed by atoms with Crippen molar-refractivity contribution >= 4 is 34.3 Å². The first-order valence-corrected chi connectivity index (χ1v) is 9.36. The maximum Gasteiger partial charge on any atom is 0.337 e. The number of hydrogen-bond acceptors (Lipinski definition) is 5. The lowest BCUT2D eigenvalue weighted by Gasteiger charge is -2.12.